The van der Waals surface area contributed by atoms with Crippen molar-refractivity contribution in [1.82, 2.24) is 0 Å². The summed E-state index contributed by atoms with van der Waals surface area (Å²) < 4.78 is 29.9. The third kappa shape index (κ3) is 3.51. The van der Waals surface area contributed by atoms with E-state index in [9.17, 15) is 8.42 Å². The van der Waals surface area contributed by atoms with E-state index in [1.165, 1.54) is 6.07 Å². The molecule has 0 aliphatic carbocycles. The van der Waals surface area contributed by atoms with Gasteiger partial charge in [0.1, 0.15) is 0 Å². The van der Waals surface area contributed by atoms with Crippen LogP contribution in [0.25, 0.3) is 0 Å². The highest BCUT2D eigenvalue weighted by Gasteiger charge is 2.10. The van der Waals surface area contributed by atoms with Gasteiger partial charge < -0.3 is 11.0 Å². The average molecular weight is 208 g/mol. The first-order valence-electron chi connectivity index (χ1n) is 3.05. The Morgan fingerprint density at radius 2 is 1.62 bits per heavy atom. The maximum absolute atomic E-state index is 10.6. The van der Waals surface area contributed by atoms with Crippen LogP contribution in [0.2, 0.25) is 0 Å². The van der Waals surface area contributed by atoms with E-state index in [0.29, 0.717) is 5.56 Å². The zero-order valence-electron chi connectivity index (χ0n) is 6.98. The molecular weight excluding hydrogens is 196 g/mol. The molecular formula is C7H12O5S. The Labute approximate surface area is 76.4 Å². The van der Waals surface area contributed by atoms with E-state index in [2.05, 4.69) is 0 Å². The first-order valence-corrected chi connectivity index (χ1v) is 4.49. The lowest BCUT2D eigenvalue weighted by Gasteiger charge is -1.99. The van der Waals surface area contributed by atoms with Gasteiger partial charge in [0.05, 0.1) is 4.90 Å². The Morgan fingerprint density at radius 1 is 1.15 bits per heavy atom. The van der Waals surface area contributed by atoms with E-state index in [1.807, 2.05) is 0 Å². The molecule has 5 nitrogen and oxygen atoms in total. The van der Waals surface area contributed by atoms with Crippen molar-refractivity contribution in [1.29, 1.82) is 0 Å². The minimum atomic E-state index is -4.03. The van der Waals surface area contributed by atoms with Crippen LogP contribution in [0.4, 0.5) is 0 Å². The van der Waals surface area contributed by atoms with E-state index >= 15 is 0 Å². The van der Waals surface area contributed by atoms with Gasteiger partial charge in [0, 0.05) is 0 Å². The van der Waals surface area contributed by atoms with Crippen LogP contribution in [0.5, 0.6) is 0 Å². The first kappa shape index (κ1) is 14.6. The molecule has 76 valence electrons. The maximum atomic E-state index is 10.6. The average Bonchev–Trinajstić information content (AvgIpc) is 1.86. The van der Waals surface area contributed by atoms with Crippen LogP contribution in [0.15, 0.2) is 29.2 Å². The summed E-state index contributed by atoms with van der Waals surface area (Å²) in [4.78, 5) is -0.0278. The number of benzene rings is 1. The molecule has 0 aliphatic rings. The molecule has 1 rings (SSSR count). The van der Waals surface area contributed by atoms with Gasteiger partial charge in [0.15, 0.2) is 0 Å². The van der Waals surface area contributed by atoms with E-state index in [1.54, 1.807) is 25.1 Å². The molecule has 0 aromatic heterocycles. The highest BCUT2D eigenvalue weighted by Crippen LogP contribution is 2.12. The molecule has 0 amide bonds. The molecule has 1 aromatic rings. The van der Waals surface area contributed by atoms with Gasteiger partial charge in [-0.2, -0.15) is 8.42 Å². The van der Waals surface area contributed by atoms with Gasteiger partial charge in [-0.15, -0.1) is 0 Å². The fourth-order valence-corrected chi connectivity index (χ4v) is 1.57. The lowest BCUT2D eigenvalue weighted by Crippen LogP contribution is -1.99. The SMILES string of the molecule is Cc1ccccc1S(=O)(=O)O.O.O. The molecule has 1 aromatic carbocycles. The quantitative estimate of drug-likeness (QED) is 0.632. The Bertz CT molecular complexity index is 357. The van der Waals surface area contributed by atoms with Crippen LogP contribution in [-0.4, -0.2) is 23.9 Å². The van der Waals surface area contributed by atoms with Crippen LogP contribution < -0.4 is 0 Å². The van der Waals surface area contributed by atoms with Crippen LogP contribution >= 0.6 is 0 Å². The Balaban J connectivity index is 0. The highest BCUT2D eigenvalue weighted by atomic mass is 32.2. The largest absolute Gasteiger partial charge is 0.412 e. The molecule has 0 saturated heterocycles. The maximum Gasteiger partial charge on any atom is 0.294 e. The molecule has 5 N–H and O–H groups in total. The molecule has 0 unspecified atom stereocenters. The zero-order chi connectivity index (χ0) is 8.48. The summed E-state index contributed by atoms with van der Waals surface area (Å²) in [5.41, 5.74) is 0.551. The van der Waals surface area contributed by atoms with Gasteiger partial charge in [-0.25, -0.2) is 0 Å². The summed E-state index contributed by atoms with van der Waals surface area (Å²) >= 11 is 0. The Morgan fingerprint density at radius 3 is 1.92 bits per heavy atom. The second-order valence-corrected chi connectivity index (χ2v) is 3.63. The van der Waals surface area contributed by atoms with Gasteiger partial charge in [-0.1, -0.05) is 18.2 Å². The number of rotatable bonds is 1. The van der Waals surface area contributed by atoms with Gasteiger partial charge >= 0.3 is 0 Å². The van der Waals surface area contributed by atoms with Gasteiger partial charge in [0.2, 0.25) is 0 Å². The molecule has 0 aliphatic heterocycles. The van der Waals surface area contributed by atoms with Gasteiger partial charge in [-0.3, -0.25) is 4.55 Å². The van der Waals surface area contributed by atoms with Crippen molar-refractivity contribution >= 4 is 10.1 Å². The lowest BCUT2D eigenvalue weighted by atomic mass is 10.2. The standard InChI is InChI=1S/C7H8O3S.2H2O/c1-6-4-2-3-5-7(6)11(8,9)10;;/h2-5H,1H3,(H,8,9,10);2*1H2. The summed E-state index contributed by atoms with van der Waals surface area (Å²) in [6.07, 6.45) is 0. The number of hydrogen-bond donors (Lipinski definition) is 1. The summed E-state index contributed by atoms with van der Waals surface area (Å²) in [7, 11) is -4.03. The molecule has 0 atom stereocenters. The summed E-state index contributed by atoms with van der Waals surface area (Å²) in [6, 6.07) is 6.27. The second kappa shape index (κ2) is 4.93. The van der Waals surface area contributed by atoms with Crippen LogP contribution in [0.1, 0.15) is 5.56 Å². The van der Waals surface area contributed by atoms with Crippen LogP contribution in [-0.2, 0) is 10.1 Å². The van der Waals surface area contributed by atoms with Crippen molar-refractivity contribution in [3.8, 4) is 0 Å². The monoisotopic (exact) mass is 208 g/mol. The van der Waals surface area contributed by atoms with Crippen molar-refractivity contribution in [2.75, 3.05) is 0 Å². The smallest absolute Gasteiger partial charge is 0.294 e. The molecule has 0 radical (unpaired) electrons. The minimum Gasteiger partial charge on any atom is -0.412 e. The normalized spacial score (nSPS) is 9.69. The predicted molar refractivity (Wildman–Crippen MR) is 48.2 cm³/mol. The predicted octanol–water partition coefficient (Wildman–Crippen LogP) is -0.408. The Hall–Kier alpha value is -0.950. The van der Waals surface area contributed by atoms with Crippen molar-refractivity contribution < 1.29 is 23.9 Å². The fourth-order valence-electron chi connectivity index (χ4n) is 0.846. The van der Waals surface area contributed by atoms with Crippen molar-refractivity contribution in [3.63, 3.8) is 0 Å². The molecule has 0 saturated carbocycles. The first-order chi connectivity index (χ1) is 5.02. The molecule has 0 fully saturated rings. The molecule has 0 bridgehead atoms. The van der Waals surface area contributed by atoms with Crippen LogP contribution in [0.3, 0.4) is 0 Å². The van der Waals surface area contributed by atoms with E-state index < -0.39 is 10.1 Å². The highest BCUT2D eigenvalue weighted by molar-refractivity contribution is 7.85. The van der Waals surface area contributed by atoms with Crippen molar-refractivity contribution in [2.45, 2.75) is 11.8 Å². The molecule has 6 heteroatoms. The van der Waals surface area contributed by atoms with Crippen LogP contribution in [0, 0.1) is 6.92 Å². The minimum absolute atomic E-state index is 0. The number of hydrogen-bond acceptors (Lipinski definition) is 2. The summed E-state index contributed by atoms with van der Waals surface area (Å²) in [5, 5.41) is 0. The third-order valence-electron chi connectivity index (χ3n) is 1.37. The van der Waals surface area contributed by atoms with E-state index in [4.69, 9.17) is 4.55 Å². The van der Waals surface area contributed by atoms with Crippen molar-refractivity contribution in [2.24, 2.45) is 0 Å². The van der Waals surface area contributed by atoms with Gasteiger partial charge in [0.25, 0.3) is 10.1 Å². The fraction of sp³-hybridized carbons (Fsp3) is 0.143. The van der Waals surface area contributed by atoms with Crippen molar-refractivity contribution in [3.05, 3.63) is 29.8 Å². The van der Waals surface area contributed by atoms with Gasteiger partial charge in [-0.05, 0) is 18.6 Å². The Kier molecular flexibility index (Phi) is 5.52. The zero-order valence-corrected chi connectivity index (χ0v) is 7.80. The molecule has 0 heterocycles. The van der Waals surface area contributed by atoms with E-state index in [-0.39, 0.29) is 15.8 Å². The molecule has 0 spiro atoms. The lowest BCUT2D eigenvalue weighted by molar-refractivity contribution is 0.482. The topological polar surface area (TPSA) is 117 Å². The van der Waals surface area contributed by atoms with E-state index in [0.717, 1.165) is 0 Å². The summed E-state index contributed by atoms with van der Waals surface area (Å²) in [5.74, 6) is 0. The third-order valence-corrected chi connectivity index (χ3v) is 2.39. The molecule has 13 heavy (non-hydrogen) atoms. The second-order valence-electron chi connectivity index (χ2n) is 2.24. The number of aryl methyl sites for hydroxylation is 1. The summed E-state index contributed by atoms with van der Waals surface area (Å²) in [6.45, 7) is 1.63.